The van der Waals surface area contributed by atoms with E-state index in [-0.39, 0.29) is 0 Å². The van der Waals surface area contributed by atoms with Crippen LogP contribution in [0.5, 0.6) is 0 Å². The van der Waals surface area contributed by atoms with Gasteiger partial charge < -0.3 is 5.73 Å². The molecule has 0 saturated carbocycles. The van der Waals surface area contributed by atoms with E-state index < -0.39 is 0 Å². The van der Waals surface area contributed by atoms with Gasteiger partial charge in [0.15, 0.2) is 0 Å². The average Bonchev–Trinajstić information content (AvgIpc) is 1.80. The van der Waals surface area contributed by atoms with Crippen molar-refractivity contribution in [3.05, 3.63) is 23.9 Å². The maximum absolute atomic E-state index is 5.53. The van der Waals surface area contributed by atoms with Crippen LogP contribution in [0.3, 0.4) is 0 Å². The second kappa shape index (κ2) is 2.48. The first-order valence-corrected chi connectivity index (χ1v) is 3.55. The minimum Gasteiger partial charge on any atom is -0.399 e. The van der Waals surface area contributed by atoms with Crippen LogP contribution in [-0.4, -0.2) is 5.25 Å². The molecule has 2 heteroatoms. The third-order valence-corrected chi connectivity index (χ3v) is 2.12. The van der Waals surface area contributed by atoms with Crippen molar-refractivity contribution in [1.82, 2.24) is 0 Å². The standard InChI is InChI=1S/C7H11NS/c1-5-4-6(8)2-3-7(5)9/h2-5,7,9H,8H2,1H3/t5-,7?/m1/s1. The molecule has 1 rings (SSSR count). The van der Waals surface area contributed by atoms with E-state index in [1.807, 2.05) is 18.2 Å². The molecule has 0 aromatic rings. The molecule has 0 bridgehead atoms. The van der Waals surface area contributed by atoms with Crippen LogP contribution in [0.4, 0.5) is 0 Å². The Bertz CT molecular complexity index is 160. The van der Waals surface area contributed by atoms with E-state index >= 15 is 0 Å². The lowest BCUT2D eigenvalue weighted by molar-refractivity contribution is 0.747. The molecule has 1 aliphatic carbocycles. The van der Waals surface area contributed by atoms with E-state index in [1.54, 1.807) is 0 Å². The Balaban J connectivity index is 2.70. The Morgan fingerprint density at radius 2 is 2.33 bits per heavy atom. The van der Waals surface area contributed by atoms with Crippen LogP contribution in [0.1, 0.15) is 6.92 Å². The fraction of sp³-hybridized carbons (Fsp3) is 0.429. The normalized spacial score (nSPS) is 34.2. The topological polar surface area (TPSA) is 26.0 Å². The van der Waals surface area contributed by atoms with Gasteiger partial charge in [-0.3, -0.25) is 0 Å². The van der Waals surface area contributed by atoms with E-state index in [9.17, 15) is 0 Å². The van der Waals surface area contributed by atoms with Crippen LogP contribution in [-0.2, 0) is 0 Å². The number of allylic oxidation sites excluding steroid dienone is 2. The summed E-state index contributed by atoms with van der Waals surface area (Å²) in [4.78, 5) is 0. The molecule has 50 valence electrons. The van der Waals surface area contributed by atoms with Crippen LogP contribution >= 0.6 is 12.6 Å². The predicted molar refractivity (Wildman–Crippen MR) is 43.3 cm³/mol. The van der Waals surface area contributed by atoms with Gasteiger partial charge in [-0.25, -0.2) is 0 Å². The fourth-order valence-electron chi connectivity index (χ4n) is 0.843. The molecule has 1 nitrogen and oxygen atoms in total. The molecule has 0 fully saturated rings. The SMILES string of the molecule is C[C@@H]1C=C(N)C=CC1S. The molecule has 0 radical (unpaired) electrons. The van der Waals surface area contributed by atoms with E-state index in [4.69, 9.17) is 5.73 Å². The Morgan fingerprint density at radius 1 is 1.67 bits per heavy atom. The third kappa shape index (κ3) is 1.52. The van der Waals surface area contributed by atoms with Crippen molar-refractivity contribution >= 4 is 12.6 Å². The van der Waals surface area contributed by atoms with Gasteiger partial charge in [0.1, 0.15) is 0 Å². The molecular weight excluding hydrogens is 130 g/mol. The predicted octanol–water partition coefficient (Wildman–Crippen LogP) is 1.33. The lowest BCUT2D eigenvalue weighted by Crippen LogP contribution is -2.12. The van der Waals surface area contributed by atoms with Gasteiger partial charge in [-0.2, -0.15) is 12.6 Å². The molecular formula is C7H11NS. The lowest BCUT2D eigenvalue weighted by Gasteiger charge is -2.15. The average molecular weight is 141 g/mol. The second-order valence-electron chi connectivity index (χ2n) is 2.38. The van der Waals surface area contributed by atoms with Crippen molar-refractivity contribution in [3.63, 3.8) is 0 Å². The third-order valence-electron chi connectivity index (χ3n) is 1.48. The van der Waals surface area contributed by atoms with Crippen molar-refractivity contribution in [1.29, 1.82) is 0 Å². The van der Waals surface area contributed by atoms with Crippen molar-refractivity contribution in [3.8, 4) is 0 Å². The summed E-state index contributed by atoms with van der Waals surface area (Å²) in [6, 6.07) is 0. The fourth-order valence-corrected chi connectivity index (χ4v) is 1.01. The van der Waals surface area contributed by atoms with Gasteiger partial charge in [0, 0.05) is 10.9 Å². The van der Waals surface area contributed by atoms with Gasteiger partial charge in [0.2, 0.25) is 0 Å². The minimum absolute atomic E-state index is 0.345. The van der Waals surface area contributed by atoms with Gasteiger partial charge in [-0.15, -0.1) is 0 Å². The molecule has 1 unspecified atom stereocenters. The zero-order chi connectivity index (χ0) is 6.85. The van der Waals surface area contributed by atoms with Crippen molar-refractivity contribution in [2.24, 2.45) is 11.7 Å². The monoisotopic (exact) mass is 141 g/mol. The molecule has 0 aromatic carbocycles. The maximum Gasteiger partial charge on any atom is 0.0273 e. The Kier molecular flexibility index (Phi) is 1.86. The maximum atomic E-state index is 5.53. The van der Waals surface area contributed by atoms with E-state index in [1.165, 1.54) is 0 Å². The highest BCUT2D eigenvalue weighted by Crippen LogP contribution is 2.18. The van der Waals surface area contributed by atoms with Gasteiger partial charge >= 0.3 is 0 Å². The molecule has 0 heterocycles. The van der Waals surface area contributed by atoms with Crippen LogP contribution in [0, 0.1) is 5.92 Å². The summed E-state index contributed by atoms with van der Waals surface area (Å²) in [5.41, 5.74) is 6.38. The number of hydrogen-bond donors (Lipinski definition) is 2. The van der Waals surface area contributed by atoms with Crippen molar-refractivity contribution < 1.29 is 0 Å². The Morgan fingerprint density at radius 3 is 2.78 bits per heavy atom. The number of hydrogen-bond acceptors (Lipinski definition) is 2. The van der Waals surface area contributed by atoms with Gasteiger partial charge in [0.25, 0.3) is 0 Å². The van der Waals surface area contributed by atoms with E-state index in [2.05, 4.69) is 19.6 Å². The number of thiol groups is 1. The summed E-state index contributed by atoms with van der Waals surface area (Å²) in [5.74, 6) is 0.471. The molecule has 0 aliphatic heterocycles. The van der Waals surface area contributed by atoms with E-state index in [0.29, 0.717) is 11.2 Å². The molecule has 0 saturated heterocycles. The lowest BCUT2D eigenvalue weighted by atomic mass is 10.0. The summed E-state index contributed by atoms with van der Waals surface area (Å²) < 4.78 is 0. The first-order valence-electron chi connectivity index (χ1n) is 3.03. The summed E-state index contributed by atoms with van der Waals surface area (Å²) in [5, 5.41) is 0.345. The van der Waals surface area contributed by atoms with E-state index in [0.717, 1.165) is 5.70 Å². The summed E-state index contributed by atoms with van der Waals surface area (Å²) >= 11 is 4.31. The molecule has 0 spiro atoms. The molecule has 9 heavy (non-hydrogen) atoms. The highest BCUT2D eigenvalue weighted by Gasteiger charge is 2.10. The first-order chi connectivity index (χ1) is 4.20. The number of nitrogens with two attached hydrogens (primary N) is 1. The van der Waals surface area contributed by atoms with Crippen molar-refractivity contribution in [2.75, 3.05) is 0 Å². The van der Waals surface area contributed by atoms with Crippen LogP contribution < -0.4 is 5.73 Å². The smallest absolute Gasteiger partial charge is 0.0273 e. The van der Waals surface area contributed by atoms with Crippen LogP contribution in [0.25, 0.3) is 0 Å². The van der Waals surface area contributed by atoms with Crippen LogP contribution in [0.15, 0.2) is 23.9 Å². The Hall–Kier alpha value is -0.370. The summed E-state index contributed by atoms with van der Waals surface area (Å²) in [6.07, 6.45) is 5.94. The molecule has 1 aliphatic rings. The largest absolute Gasteiger partial charge is 0.399 e. The first kappa shape index (κ1) is 6.75. The van der Waals surface area contributed by atoms with Crippen LogP contribution in [0.2, 0.25) is 0 Å². The summed E-state index contributed by atoms with van der Waals surface area (Å²) in [7, 11) is 0. The second-order valence-corrected chi connectivity index (χ2v) is 2.97. The van der Waals surface area contributed by atoms with Crippen molar-refractivity contribution in [2.45, 2.75) is 12.2 Å². The highest BCUT2D eigenvalue weighted by atomic mass is 32.1. The molecule has 2 N–H and O–H groups in total. The van der Waals surface area contributed by atoms with Gasteiger partial charge in [-0.1, -0.05) is 19.1 Å². The highest BCUT2D eigenvalue weighted by molar-refractivity contribution is 7.81. The Labute approximate surface area is 61.0 Å². The molecule has 0 aromatic heterocycles. The molecule has 2 atom stereocenters. The zero-order valence-corrected chi connectivity index (χ0v) is 6.31. The number of rotatable bonds is 0. The minimum atomic E-state index is 0.345. The van der Waals surface area contributed by atoms with Gasteiger partial charge in [0.05, 0.1) is 0 Å². The van der Waals surface area contributed by atoms with Gasteiger partial charge in [-0.05, 0) is 12.0 Å². The molecule has 0 amide bonds. The quantitative estimate of drug-likeness (QED) is 0.489. The summed E-state index contributed by atoms with van der Waals surface area (Å²) in [6.45, 7) is 2.11. The zero-order valence-electron chi connectivity index (χ0n) is 5.41.